The SMILES string of the molecule is Cc1sc2nc(-c3ccc(-n4cccn4)nc3)[nH]c(=O)c2c1C. The maximum Gasteiger partial charge on any atom is 0.260 e. The van der Waals surface area contributed by atoms with Crippen LogP contribution in [0.1, 0.15) is 10.4 Å². The van der Waals surface area contributed by atoms with Gasteiger partial charge in [-0.1, -0.05) is 0 Å². The van der Waals surface area contributed by atoms with Crippen molar-refractivity contribution in [3.05, 3.63) is 57.6 Å². The van der Waals surface area contributed by atoms with Crippen LogP contribution in [0.5, 0.6) is 0 Å². The number of aryl methyl sites for hydroxylation is 2. The highest BCUT2D eigenvalue weighted by Crippen LogP contribution is 2.27. The Bertz CT molecular complexity index is 1040. The van der Waals surface area contributed by atoms with Gasteiger partial charge in [0.05, 0.1) is 5.39 Å². The molecule has 4 aromatic rings. The van der Waals surface area contributed by atoms with Crippen LogP contribution in [0.25, 0.3) is 27.4 Å². The van der Waals surface area contributed by atoms with E-state index in [0.29, 0.717) is 17.0 Å². The number of H-pyrrole nitrogens is 1. The van der Waals surface area contributed by atoms with Crippen molar-refractivity contribution in [1.29, 1.82) is 0 Å². The molecule has 0 aliphatic carbocycles. The Morgan fingerprint density at radius 1 is 1.26 bits per heavy atom. The van der Waals surface area contributed by atoms with Gasteiger partial charge in [0, 0.05) is 29.0 Å². The highest BCUT2D eigenvalue weighted by molar-refractivity contribution is 7.18. The Morgan fingerprint density at radius 3 is 2.83 bits per heavy atom. The van der Waals surface area contributed by atoms with Crippen molar-refractivity contribution in [3.63, 3.8) is 0 Å². The van der Waals surface area contributed by atoms with E-state index < -0.39 is 0 Å². The summed E-state index contributed by atoms with van der Waals surface area (Å²) < 4.78 is 1.68. The second-order valence-electron chi connectivity index (χ2n) is 5.23. The van der Waals surface area contributed by atoms with Gasteiger partial charge in [-0.15, -0.1) is 11.3 Å². The van der Waals surface area contributed by atoms with Crippen LogP contribution in [0.3, 0.4) is 0 Å². The van der Waals surface area contributed by atoms with Crippen molar-refractivity contribution in [2.24, 2.45) is 0 Å². The summed E-state index contributed by atoms with van der Waals surface area (Å²) in [5, 5.41) is 4.82. The number of aromatic nitrogens is 5. The van der Waals surface area contributed by atoms with Crippen LogP contribution in [0, 0.1) is 13.8 Å². The zero-order chi connectivity index (χ0) is 16.0. The smallest absolute Gasteiger partial charge is 0.260 e. The number of hydrogen-bond acceptors (Lipinski definition) is 5. The van der Waals surface area contributed by atoms with E-state index >= 15 is 0 Å². The van der Waals surface area contributed by atoms with Gasteiger partial charge in [0.2, 0.25) is 0 Å². The lowest BCUT2D eigenvalue weighted by Gasteiger charge is -2.03. The number of rotatable bonds is 2. The zero-order valence-corrected chi connectivity index (χ0v) is 13.4. The molecule has 0 amide bonds. The van der Waals surface area contributed by atoms with E-state index in [9.17, 15) is 4.79 Å². The highest BCUT2D eigenvalue weighted by atomic mass is 32.1. The summed E-state index contributed by atoms with van der Waals surface area (Å²) in [6.45, 7) is 3.95. The molecule has 0 aliphatic heterocycles. The molecule has 0 saturated heterocycles. The van der Waals surface area contributed by atoms with Gasteiger partial charge in [-0.25, -0.2) is 14.6 Å². The molecule has 0 radical (unpaired) electrons. The number of hydrogen-bond donors (Lipinski definition) is 1. The average molecular weight is 323 g/mol. The molecule has 0 fully saturated rings. The van der Waals surface area contributed by atoms with Crippen molar-refractivity contribution in [2.45, 2.75) is 13.8 Å². The van der Waals surface area contributed by atoms with Gasteiger partial charge < -0.3 is 4.98 Å². The molecule has 0 spiro atoms. The van der Waals surface area contributed by atoms with Crippen molar-refractivity contribution in [3.8, 4) is 17.2 Å². The fourth-order valence-corrected chi connectivity index (χ4v) is 3.49. The third-order valence-electron chi connectivity index (χ3n) is 3.80. The van der Waals surface area contributed by atoms with Gasteiger partial charge in [-0.05, 0) is 37.6 Å². The molecule has 7 heteroatoms. The summed E-state index contributed by atoms with van der Waals surface area (Å²) in [6, 6.07) is 5.56. The molecule has 23 heavy (non-hydrogen) atoms. The molecular weight excluding hydrogens is 310 g/mol. The van der Waals surface area contributed by atoms with E-state index in [1.165, 1.54) is 11.3 Å². The Hall–Kier alpha value is -2.80. The van der Waals surface area contributed by atoms with E-state index in [2.05, 4.69) is 20.1 Å². The number of pyridine rings is 1. The first-order chi connectivity index (χ1) is 11.1. The van der Waals surface area contributed by atoms with Crippen LogP contribution in [0.4, 0.5) is 0 Å². The van der Waals surface area contributed by atoms with E-state index in [0.717, 1.165) is 20.8 Å². The molecule has 0 atom stereocenters. The van der Waals surface area contributed by atoms with Crippen molar-refractivity contribution in [1.82, 2.24) is 24.7 Å². The largest absolute Gasteiger partial charge is 0.306 e. The highest BCUT2D eigenvalue weighted by Gasteiger charge is 2.13. The normalized spacial score (nSPS) is 11.2. The molecule has 114 valence electrons. The lowest BCUT2D eigenvalue weighted by Crippen LogP contribution is -2.09. The lowest BCUT2D eigenvalue weighted by molar-refractivity contribution is 0.847. The zero-order valence-electron chi connectivity index (χ0n) is 12.6. The average Bonchev–Trinajstić information content (AvgIpc) is 3.17. The standard InChI is InChI=1S/C16H13N5OS/c1-9-10(2)23-16-13(9)15(22)19-14(20-16)11-4-5-12(17-8-11)21-7-3-6-18-21/h3-8H,1-2H3,(H,19,20,22). The first kappa shape index (κ1) is 13.8. The van der Waals surface area contributed by atoms with Crippen LogP contribution >= 0.6 is 11.3 Å². The molecule has 1 N–H and O–H groups in total. The molecular formula is C16H13N5OS. The molecule has 0 bridgehead atoms. The van der Waals surface area contributed by atoms with E-state index in [4.69, 9.17) is 0 Å². The minimum Gasteiger partial charge on any atom is -0.306 e. The molecule has 0 aromatic carbocycles. The Labute approximate surface area is 135 Å². The number of fused-ring (bicyclic) bond motifs is 1. The number of nitrogens with one attached hydrogen (secondary N) is 1. The van der Waals surface area contributed by atoms with Crippen LogP contribution in [-0.4, -0.2) is 24.7 Å². The molecule has 4 aromatic heterocycles. The minimum absolute atomic E-state index is 0.108. The van der Waals surface area contributed by atoms with Gasteiger partial charge >= 0.3 is 0 Å². The van der Waals surface area contributed by atoms with Gasteiger partial charge in [0.1, 0.15) is 10.7 Å². The van der Waals surface area contributed by atoms with E-state index in [1.54, 1.807) is 17.1 Å². The molecule has 6 nitrogen and oxygen atoms in total. The summed E-state index contributed by atoms with van der Waals surface area (Å²) in [5.74, 6) is 1.24. The van der Waals surface area contributed by atoms with Crippen LogP contribution in [-0.2, 0) is 0 Å². The summed E-state index contributed by atoms with van der Waals surface area (Å²) >= 11 is 1.54. The van der Waals surface area contributed by atoms with Crippen LogP contribution in [0.2, 0.25) is 0 Å². The number of aromatic amines is 1. The second kappa shape index (κ2) is 5.13. The third-order valence-corrected chi connectivity index (χ3v) is 4.90. The van der Waals surface area contributed by atoms with Gasteiger partial charge in [-0.2, -0.15) is 5.10 Å². The monoisotopic (exact) mass is 323 g/mol. The van der Waals surface area contributed by atoms with E-state index in [-0.39, 0.29) is 5.56 Å². The summed E-state index contributed by atoms with van der Waals surface area (Å²) in [4.78, 5) is 26.0. The molecule has 4 rings (SSSR count). The second-order valence-corrected chi connectivity index (χ2v) is 6.44. The summed E-state index contributed by atoms with van der Waals surface area (Å²) in [6.07, 6.45) is 5.21. The van der Waals surface area contributed by atoms with Gasteiger partial charge in [-0.3, -0.25) is 4.79 Å². The summed E-state index contributed by atoms with van der Waals surface area (Å²) in [7, 11) is 0. The van der Waals surface area contributed by atoms with Gasteiger partial charge in [0.25, 0.3) is 5.56 Å². The van der Waals surface area contributed by atoms with Crippen molar-refractivity contribution < 1.29 is 0 Å². The van der Waals surface area contributed by atoms with Crippen LogP contribution < -0.4 is 5.56 Å². The first-order valence-corrected chi connectivity index (χ1v) is 7.91. The third kappa shape index (κ3) is 2.25. The summed E-state index contributed by atoms with van der Waals surface area (Å²) in [5.41, 5.74) is 1.66. The van der Waals surface area contributed by atoms with Crippen molar-refractivity contribution >= 4 is 21.6 Å². The first-order valence-electron chi connectivity index (χ1n) is 7.10. The maximum absolute atomic E-state index is 12.3. The lowest BCUT2D eigenvalue weighted by atomic mass is 10.2. The fraction of sp³-hybridized carbons (Fsp3) is 0.125. The molecule has 0 unspecified atom stereocenters. The Morgan fingerprint density at radius 2 is 2.13 bits per heavy atom. The topological polar surface area (TPSA) is 76.5 Å². The fourth-order valence-electron chi connectivity index (χ4n) is 2.46. The predicted molar refractivity (Wildman–Crippen MR) is 90.1 cm³/mol. The number of nitrogens with zero attached hydrogens (tertiary/aromatic N) is 4. The Kier molecular flexibility index (Phi) is 3.09. The maximum atomic E-state index is 12.3. The Balaban J connectivity index is 1.81. The predicted octanol–water partition coefficient (Wildman–Crippen LogP) is 2.85. The van der Waals surface area contributed by atoms with Gasteiger partial charge in [0.15, 0.2) is 5.82 Å². The molecule has 4 heterocycles. The van der Waals surface area contributed by atoms with E-state index in [1.807, 2.05) is 38.2 Å². The molecule has 0 saturated carbocycles. The van der Waals surface area contributed by atoms with Crippen LogP contribution in [0.15, 0.2) is 41.6 Å². The number of thiophene rings is 1. The quantitative estimate of drug-likeness (QED) is 0.615. The molecule has 0 aliphatic rings. The van der Waals surface area contributed by atoms with Crippen molar-refractivity contribution in [2.75, 3.05) is 0 Å². The minimum atomic E-state index is -0.108.